The van der Waals surface area contributed by atoms with Crippen molar-refractivity contribution in [2.24, 2.45) is 10.9 Å². The third-order valence-electron chi connectivity index (χ3n) is 1.71. The lowest BCUT2D eigenvalue weighted by Crippen LogP contribution is -2.15. The number of aryl methyl sites for hydroxylation is 1. The molecule has 3 N–H and O–H groups in total. The monoisotopic (exact) mass is 195 g/mol. The van der Waals surface area contributed by atoms with E-state index in [-0.39, 0.29) is 5.84 Å². The van der Waals surface area contributed by atoms with E-state index in [1.165, 1.54) is 0 Å². The molecule has 0 aromatic carbocycles. The third kappa shape index (κ3) is 2.62. The van der Waals surface area contributed by atoms with Crippen molar-refractivity contribution in [2.75, 3.05) is 7.11 Å². The molecule has 76 valence electrons. The molecule has 0 unspecified atom stereocenters. The maximum Gasteiger partial charge on any atom is 0.145 e. The number of pyridine rings is 1. The number of nitrogens with zero attached hydrogens (tertiary/aromatic N) is 2. The van der Waals surface area contributed by atoms with Crippen molar-refractivity contribution in [1.82, 2.24) is 4.98 Å². The van der Waals surface area contributed by atoms with Crippen LogP contribution in [-0.2, 0) is 6.42 Å². The number of methoxy groups -OCH3 is 1. The van der Waals surface area contributed by atoms with E-state index >= 15 is 0 Å². The third-order valence-corrected chi connectivity index (χ3v) is 1.71. The van der Waals surface area contributed by atoms with Gasteiger partial charge in [-0.25, -0.2) is 0 Å². The van der Waals surface area contributed by atoms with Crippen LogP contribution in [0, 0.1) is 6.92 Å². The molecule has 0 aliphatic carbocycles. The highest BCUT2D eigenvalue weighted by Crippen LogP contribution is 2.13. The van der Waals surface area contributed by atoms with Crippen molar-refractivity contribution < 1.29 is 9.94 Å². The molecule has 5 nitrogen and oxygen atoms in total. The van der Waals surface area contributed by atoms with Crippen LogP contribution in [0.4, 0.5) is 0 Å². The number of hydrogen-bond donors (Lipinski definition) is 2. The summed E-state index contributed by atoms with van der Waals surface area (Å²) >= 11 is 0. The Morgan fingerprint density at radius 1 is 1.64 bits per heavy atom. The summed E-state index contributed by atoms with van der Waals surface area (Å²) in [4.78, 5) is 4.22. The standard InChI is InChI=1S/C9H13N3O2/c1-6-3-8(14-2)4-7(11-6)5-9(10)12-13/h3-4,13H,5H2,1-2H3,(H2,10,12). The fraction of sp³-hybridized carbons (Fsp3) is 0.333. The van der Waals surface area contributed by atoms with Crippen LogP contribution < -0.4 is 10.5 Å². The van der Waals surface area contributed by atoms with E-state index in [1.807, 2.05) is 13.0 Å². The zero-order chi connectivity index (χ0) is 10.6. The van der Waals surface area contributed by atoms with Gasteiger partial charge in [0.05, 0.1) is 19.2 Å². The number of ether oxygens (including phenoxy) is 1. The summed E-state index contributed by atoms with van der Waals surface area (Å²) in [7, 11) is 1.59. The molecule has 0 amide bonds. The Bertz CT molecular complexity index is 350. The SMILES string of the molecule is COc1cc(C)nc(C/C(N)=N/O)c1. The van der Waals surface area contributed by atoms with Crippen LogP contribution in [0.5, 0.6) is 5.75 Å². The van der Waals surface area contributed by atoms with Crippen LogP contribution >= 0.6 is 0 Å². The van der Waals surface area contributed by atoms with Gasteiger partial charge in [-0.1, -0.05) is 5.16 Å². The summed E-state index contributed by atoms with van der Waals surface area (Å²) in [6, 6.07) is 3.57. The van der Waals surface area contributed by atoms with E-state index in [0.29, 0.717) is 6.42 Å². The number of hydrogen-bond acceptors (Lipinski definition) is 4. The van der Waals surface area contributed by atoms with E-state index in [0.717, 1.165) is 17.1 Å². The maximum absolute atomic E-state index is 8.40. The van der Waals surface area contributed by atoms with Gasteiger partial charge in [-0.05, 0) is 6.92 Å². The van der Waals surface area contributed by atoms with Crippen LogP contribution in [-0.4, -0.2) is 23.1 Å². The second-order valence-corrected chi connectivity index (χ2v) is 2.91. The molecule has 14 heavy (non-hydrogen) atoms. The number of nitrogens with two attached hydrogens (primary N) is 1. The van der Waals surface area contributed by atoms with E-state index in [1.54, 1.807) is 13.2 Å². The molecule has 0 aliphatic heterocycles. The minimum Gasteiger partial charge on any atom is -0.497 e. The van der Waals surface area contributed by atoms with Crippen LogP contribution in [0.2, 0.25) is 0 Å². The maximum atomic E-state index is 8.40. The minimum absolute atomic E-state index is 0.130. The summed E-state index contributed by atoms with van der Waals surface area (Å²) < 4.78 is 5.07. The highest BCUT2D eigenvalue weighted by molar-refractivity contribution is 5.81. The van der Waals surface area contributed by atoms with Gasteiger partial charge in [0, 0.05) is 17.8 Å². The zero-order valence-electron chi connectivity index (χ0n) is 8.19. The van der Waals surface area contributed by atoms with Gasteiger partial charge in [-0.2, -0.15) is 0 Å². The molecule has 1 aromatic heterocycles. The Kier molecular flexibility index (Phi) is 3.28. The van der Waals surface area contributed by atoms with Gasteiger partial charge in [0.2, 0.25) is 0 Å². The molecule has 1 aromatic rings. The molecule has 0 radical (unpaired) electrons. The molecular weight excluding hydrogens is 182 g/mol. The Hall–Kier alpha value is -1.78. The normalized spacial score (nSPS) is 11.4. The largest absolute Gasteiger partial charge is 0.497 e. The molecule has 1 heterocycles. The molecule has 0 atom stereocenters. The quantitative estimate of drug-likeness (QED) is 0.322. The highest BCUT2D eigenvalue weighted by Gasteiger charge is 2.02. The van der Waals surface area contributed by atoms with Crippen LogP contribution in [0.25, 0.3) is 0 Å². The van der Waals surface area contributed by atoms with Crippen LogP contribution in [0.3, 0.4) is 0 Å². The van der Waals surface area contributed by atoms with E-state index in [2.05, 4.69) is 10.1 Å². The van der Waals surface area contributed by atoms with Crippen molar-refractivity contribution in [3.05, 3.63) is 23.5 Å². The van der Waals surface area contributed by atoms with Gasteiger partial charge in [-0.15, -0.1) is 0 Å². The van der Waals surface area contributed by atoms with Gasteiger partial charge in [0.25, 0.3) is 0 Å². The number of aromatic nitrogens is 1. The highest BCUT2D eigenvalue weighted by atomic mass is 16.5. The van der Waals surface area contributed by atoms with Crippen LogP contribution in [0.1, 0.15) is 11.4 Å². The molecule has 0 aliphatic rings. The average Bonchev–Trinajstić information content (AvgIpc) is 2.16. The lowest BCUT2D eigenvalue weighted by atomic mass is 10.2. The second kappa shape index (κ2) is 4.45. The summed E-state index contributed by atoms with van der Waals surface area (Å²) in [6.07, 6.45) is 0.314. The van der Waals surface area contributed by atoms with Crippen molar-refractivity contribution in [3.8, 4) is 5.75 Å². The molecular formula is C9H13N3O2. The lowest BCUT2D eigenvalue weighted by molar-refractivity contribution is 0.317. The average molecular weight is 195 g/mol. The van der Waals surface area contributed by atoms with Gasteiger partial charge in [0.15, 0.2) is 0 Å². The predicted octanol–water partition coefficient (Wildman–Crippen LogP) is 0.688. The Morgan fingerprint density at radius 3 is 2.93 bits per heavy atom. The second-order valence-electron chi connectivity index (χ2n) is 2.91. The fourth-order valence-electron chi connectivity index (χ4n) is 1.13. The molecule has 0 bridgehead atoms. The fourth-order valence-corrected chi connectivity index (χ4v) is 1.13. The summed E-state index contributed by atoms with van der Waals surface area (Å²) in [5.74, 6) is 0.850. The first kappa shape index (κ1) is 10.3. The number of amidine groups is 1. The Morgan fingerprint density at radius 2 is 2.36 bits per heavy atom. The molecule has 0 spiro atoms. The first-order valence-corrected chi connectivity index (χ1v) is 4.13. The van der Waals surface area contributed by atoms with Gasteiger partial charge in [0.1, 0.15) is 11.6 Å². The van der Waals surface area contributed by atoms with E-state index < -0.39 is 0 Å². The number of rotatable bonds is 3. The predicted molar refractivity (Wildman–Crippen MR) is 52.6 cm³/mol. The molecule has 0 saturated carbocycles. The van der Waals surface area contributed by atoms with Crippen molar-refractivity contribution in [3.63, 3.8) is 0 Å². The smallest absolute Gasteiger partial charge is 0.145 e. The molecule has 0 fully saturated rings. The van der Waals surface area contributed by atoms with Gasteiger partial charge in [-0.3, -0.25) is 4.98 Å². The Balaban J connectivity index is 2.92. The molecule has 5 heteroatoms. The minimum atomic E-state index is 0.130. The van der Waals surface area contributed by atoms with Crippen molar-refractivity contribution >= 4 is 5.84 Å². The summed E-state index contributed by atoms with van der Waals surface area (Å²) in [5, 5.41) is 11.3. The first-order valence-electron chi connectivity index (χ1n) is 4.13. The van der Waals surface area contributed by atoms with Crippen LogP contribution in [0.15, 0.2) is 17.3 Å². The first-order chi connectivity index (χ1) is 6.65. The summed E-state index contributed by atoms with van der Waals surface area (Å²) in [5.41, 5.74) is 6.92. The van der Waals surface area contributed by atoms with Crippen molar-refractivity contribution in [2.45, 2.75) is 13.3 Å². The molecule has 1 rings (SSSR count). The Labute approximate surface area is 82.2 Å². The molecule has 0 saturated heterocycles. The van der Waals surface area contributed by atoms with E-state index in [9.17, 15) is 0 Å². The van der Waals surface area contributed by atoms with Gasteiger partial charge >= 0.3 is 0 Å². The zero-order valence-corrected chi connectivity index (χ0v) is 8.19. The summed E-state index contributed by atoms with van der Waals surface area (Å²) in [6.45, 7) is 1.86. The lowest BCUT2D eigenvalue weighted by Gasteiger charge is -2.04. The van der Waals surface area contributed by atoms with E-state index in [4.69, 9.17) is 15.7 Å². The number of oxime groups is 1. The van der Waals surface area contributed by atoms with Gasteiger partial charge < -0.3 is 15.7 Å². The topological polar surface area (TPSA) is 80.7 Å². The van der Waals surface area contributed by atoms with Crippen molar-refractivity contribution in [1.29, 1.82) is 0 Å².